The minimum absolute atomic E-state index is 0.118. The van der Waals surface area contributed by atoms with Crippen molar-refractivity contribution in [3.05, 3.63) is 66.0 Å². The molecule has 0 saturated carbocycles. The SMILES string of the molecule is Cc1ccccc1.NC(=O)c1cc2cc(O)c(O)cc2cn1. The highest BCUT2D eigenvalue weighted by molar-refractivity contribution is 5.96. The third-order valence-corrected chi connectivity index (χ3v) is 3.01. The summed E-state index contributed by atoms with van der Waals surface area (Å²) in [4.78, 5) is 14.7. The van der Waals surface area contributed by atoms with Crippen molar-refractivity contribution < 1.29 is 15.0 Å². The summed E-state index contributed by atoms with van der Waals surface area (Å²) in [5.74, 6) is -1.11. The van der Waals surface area contributed by atoms with Crippen molar-refractivity contribution in [3.8, 4) is 11.5 Å². The quantitative estimate of drug-likeness (QED) is 0.601. The van der Waals surface area contributed by atoms with Gasteiger partial charge in [0.2, 0.25) is 0 Å². The van der Waals surface area contributed by atoms with Gasteiger partial charge >= 0.3 is 0 Å². The number of nitrogens with two attached hydrogens (primary N) is 1. The fourth-order valence-corrected chi connectivity index (χ4v) is 1.84. The molecule has 2 aromatic carbocycles. The number of hydrogen-bond donors (Lipinski definition) is 3. The predicted molar refractivity (Wildman–Crippen MR) is 84.8 cm³/mol. The van der Waals surface area contributed by atoms with Crippen LogP contribution < -0.4 is 5.73 Å². The van der Waals surface area contributed by atoms with Crippen LogP contribution in [0.3, 0.4) is 0 Å². The molecule has 0 aliphatic heterocycles. The number of primary amides is 1. The molecule has 4 N–H and O–H groups in total. The van der Waals surface area contributed by atoms with Crippen LogP contribution in [0, 0.1) is 6.92 Å². The first-order chi connectivity index (χ1) is 10.5. The fourth-order valence-electron chi connectivity index (χ4n) is 1.84. The standard InChI is InChI=1S/C10H8N2O3.C7H8/c11-10(15)7-1-5-2-8(13)9(14)3-6(5)4-12-7;1-7-5-3-2-4-6-7/h1-4,13-14H,(H2,11,15);2-6H,1H3. The first-order valence-electron chi connectivity index (χ1n) is 6.60. The number of phenolic OH excluding ortho intramolecular Hbond substituents is 2. The summed E-state index contributed by atoms with van der Waals surface area (Å²) in [6, 6.07) is 14.4. The largest absolute Gasteiger partial charge is 0.504 e. The lowest BCUT2D eigenvalue weighted by Gasteiger charge is -2.02. The molecule has 3 rings (SSSR count). The summed E-state index contributed by atoms with van der Waals surface area (Å²) in [6.45, 7) is 2.08. The number of rotatable bonds is 1. The highest BCUT2D eigenvalue weighted by Crippen LogP contribution is 2.29. The minimum Gasteiger partial charge on any atom is -0.504 e. The van der Waals surface area contributed by atoms with Crippen LogP contribution in [0.1, 0.15) is 16.1 Å². The number of phenols is 2. The Labute approximate surface area is 127 Å². The van der Waals surface area contributed by atoms with Crippen LogP contribution in [0.15, 0.2) is 54.7 Å². The van der Waals surface area contributed by atoms with Crippen LogP contribution in [-0.2, 0) is 0 Å². The number of fused-ring (bicyclic) bond motifs is 1. The molecule has 1 aromatic heterocycles. The zero-order valence-electron chi connectivity index (χ0n) is 12.0. The van der Waals surface area contributed by atoms with Gasteiger partial charge in [0.25, 0.3) is 5.91 Å². The Morgan fingerprint density at radius 2 is 1.59 bits per heavy atom. The molecule has 0 spiro atoms. The first kappa shape index (κ1) is 15.3. The molecule has 3 aromatic rings. The Bertz CT molecular complexity index is 802. The minimum atomic E-state index is -0.635. The van der Waals surface area contributed by atoms with Crippen molar-refractivity contribution in [2.45, 2.75) is 6.92 Å². The lowest BCUT2D eigenvalue weighted by Crippen LogP contribution is -2.12. The van der Waals surface area contributed by atoms with Crippen LogP contribution >= 0.6 is 0 Å². The van der Waals surface area contributed by atoms with Crippen LogP contribution in [-0.4, -0.2) is 21.1 Å². The van der Waals surface area contributed by atoms with Gasteiger partial charge in [-0.25, -0.2) is 0 Å². The summed E-state index contributed by atoms with van der Waals surface area (Å²) in [7, 11) is 0. The van der Waals surface area contributed by atoms with E-state index in [0.29, 0.717) is 10.8 Å². The maximum atomic E-state index is 10.8. The number of aryl methyl sites for hydroxylation is 1. The Balaban J connectivity index is 0.000000211. The van der Waals surface area contributed by atoms with Gasteiger partial charge in [0.05, 0.1) is 0 Å². The average molecular weight is 296 g/mol. The molecular weight excluding hydrogens is 280 g/mol. The molecule has 0 aliphatic carbocycles. The molecular formula is C17H16N2O3. The number of carbonyl (C=O) groups excluding carboxylic acids is 1. The van der Waals surface area contributed by atoms with Gasteiger partial charge in [-0.2, -0.15) is 0 Å². The topological polar surface area (TPSA) is 96.4 Å². The van der Waals surface area contributed by atoms with Crippen molar-refractivity contribution in [1.29, 1.82) is 0 Å². The van der Waals surface area contributed by atoms with Gasteiger partial charge in [0, 0.05) is 11.6 Å². The number of benzene rings is 2. The van der Waals surface area contributed by atoms with Crippen LogP contribution in [0.25, 0.3) is 10.8 Å². The van der Waals surface area contributed by atoms with Crippen LogP contribution in [0.5, 0.6) is 11.5 Å². The van der Waals surface area contributed by atoms with Gasteiger partial charge in [-0.15, -0.1) is 0 Å². The second-order valence-corrected chi connectivity index (χ2v) is 4.78. The van der Waals surface area contributed by atoms with Crippen molar-refractivity contribution in [3.63, 3.8) is 0 Å². The number of aromatic hydroxyl groups is 2. The zero-order chi connectivity index (χ0) is 16.1. The second-order valence-electron chi connectivity index (χ2n) is 4.78. The maximum absolute atomic E-state index is 10.8. The highest BCUT2D eigenvalue weighted by atomic mass is 16.3. The number of aromatic nitrogens is 1. The monoisotopic (exact) mass is 296 g/mol. The summed E-state index contributed by atoms with van der Waals surface area (Å²) in [5.41, 5.74) is 6.50. The molecule has 0 aliphatic rings. The van der Waals surface area contributed by atoms with E-state index in [1.54, 1.807) is 0 Å². The third kappa shape index (κ3) is 3.73. The summed E-state index contributed by atoms with van der Waals surface area (Å²) >= 11 is 0. The maximum Gasteiger partial charge on any atom is 0.267 e. The first-order valence-corrected chi connectivity index (χ1v) is 6.60. The summed E-state index contributed by atoms with van der Waals surface area (Å²) < 4.78 is 0. The molecule has 1 amide bonds. The van der Waals surface area contributed by atoms with Crippen molar-refractivity contribution >= 4 is 16.7 Å². The molecule has 1 heterocycles. The van der Waals surface area contributed by atoms with Crippen LogP contribution in [0.2, 0.25) is 0 Å². The normalized spacial score (nSPS) is 9.86. The van der Waals surface area contributed by atoms with E-state index in [0.717, 1.165) is 0 Å². The lowest BCUT2D eigenvalue weighted by atomic mass is 10.1. The van der Waals surface area contributed by atoms with Gasteiger partial charge in [-0.3, -0.25) is 9.78 Å². The van der Waals surface area contributed by atoms with Gasteiger partial charge in [0.15, 0.2) is 11.5 Å². The summed E-state index contributed by atoms with van der Waals surface area (Å²) in [6.07, 6.45) is 1.41. The number of hydrogen-bond acceptors (Lipinski definition) is 4. The molecule has 112 valence electrons. The molecule has 5 heteroatoms. The van der Waals surface area contributed by atoms with E-state index < -0.39 is 5.91 Å². The molecule has 0 saturated heterocycles. The number of nitrogens with zero attached hydrogens (tertiary/aromatic N) is 1. The Morgan fingerprint density at radius 3 is 2.09 bits per heavy atom. The van der Waals surface area contributed by atoms with Gasteiger partial charge in [-0.05, 0) is 30.5 Å². The zero-order valence-corrected chi connectivity index (χ0v) is 12.0. The number of carbonyl (C=O) groups is 1. The number of amides is 1. The van der Waals surface area contributed by atoms with Gasteiger partial charge < -0.3 is 15.9 Å². The van der Waals surface area contributed by atoms with Crippen LogP contribution in [0.4, 0.5) is 0 Å². The van der Waals surface area contributed by atoms with E-state index >= 15 is 0 Å². The number of pyridine rings is 1. The van der Waals surface area contributed by atoms with Crippen molar-refractivity contribution in [1.82, 2.24) is 4.98 Å². The smallest absolute Gasteiger partial charge is 0.267 e. The predicted octanol–water partition coefficient (Wildman–Crippen LogP) is 2.74. The Kier molecular flexibility index (Phi) is 4.58. The average Bonchev–Trinajstić information content (AvgIpc) is 2.49. The van der Waals surface area contributed by atoms with Crippen molar-refractivity contribution in [2.24, 2.45) is 5.73 Å². The molecule has 0 unspecified atom stereocenters. The second kappa shape index (κ2) is 6.58. The fraction of sp³-hybridized carbons (Fsp3) is 0.0588. The molecule has 0 bridgehead atoms. The Hall–Kier alpha value is -3.08. The van der Waals surface area contributed by atoms with Gasteiger partial charge in [-0.1, -0.05) is 35.9 Å². The highest BCUT2D eigenvalue weighted by Gasteiger charge is 2.06. The van der Waals surface area contributed by atoms with E-state index in [1.807, 2.05) is 18.2 Å². The van der Waals surface area contributed by atoms with E-state index in [1.165, 1.54) is 30.0 Å². The van der Waals surface area contributed by atoms with E-state index in [9.17, 15) is 15.0 Å². The molecule has 0 atom stereocenters. The molecule has 5 nitrogen and oxygen atoms in total. The van der Waals surface area contributed by atoms with E-state index in [-0.39, 0.29) is 17.2 Å². The van der Waals surface area contributed by atoms with E-state index in [4.69, 9.17) is 5.73 Å². The van der Waals surface area contributed by atoms with Crippen molar-refractivity contribution in [2.75, 3.05) is 0 Å². The molecule has 0 radical (unpaired) electrons. The third-order valence-electron chi connectivity index (χ3n) is 3.01. The van der Waals surface area contributed by atoms with E-state index in [2.05, 4.69) is 24.0 Å². The Morgan fingerprint density at radius 1 is 1.00 bits per heavy atom. The summed E-state index contributed by atoms with van der Waals surface area (Å²) in [5, 5.41) is 19.7. The molecule has 0 fully saturated rings. The lowest BCUT2D eigenvalue weighted by molar-refractivity contribution is 0.0996. The van der Waals surface area contributed by atoms with Gasteiger partial charge in [0.1, 0.15) is 5.69 Å². The molecule has 22 heavy (non-hydrogen) atoms.